The van der Waals surface area contributed by atoms with Gasteiger partial charge in [0.05, 0.1) is 28.9 Å². The van der Waals surface area contributed by atoms with Crippen molar-refractivity contribution in [3.63, 3.8) is 0 Å². The summed E-state index contributed by atoms with van der Waals surface area (Å²) in [6.07, 6.45) is 5.98. The molecule has 5 nitrogen and oxygen atoms in total. The zero-order valence-corrected chi connectivity index (χ0v) is 18.3. The van der Waals surface area contributed by atoms with Crippen molar-refractivity contribution in [1.82, 2.24) is 19.8 Å². The predicted molar refractivity (Wildman–Crippen MR) is 122 cm³/mol. The van der Waals surface area contributed by atoms with Gasteiger partial charge in [-0.2, -0.15) is 0 Å². The lowest BCUT2D eigenvalue weighted by Crippen LogP contribution is -2.36. The smallest absolute Gasteiger partial charge is 0.170 e. The van der Waals surface area contributed by atoms with Crippen LogP contribution in [0.15, 0.2) is 60.9 Å². The molecule has 2 aliphatic rings. The Morgan fingerprint density at radius 2 is 2.13 bits per heavy atom. The average molecular weight is 457 g/mol. The van der Waals surface area contributed by atoms with E-state index in [1.165, 1.54) is 6.07 Å². The Bertz CT molecular complexity index is 1090. The van der Waals surface area contributed by atoms with Gasteiger partial charge >= 0.3 is 0 Å². The zero-order chi connectivity index (χ0) is 21.4. The highest BCUT2D eigenvalue weighted by atomic mass is 35.5. The third kappa shape index (κ3) is 3.93. The average Bonchev–Trinajstić information content (AvgIpc) is 3.52. The summed E-state index contributed by atoms with van der Waals surface area (Å²) in [4.78, 5) is 6.79. The normalized spacial score (nSPS) is 23.4. The van der Waals surface area contributed by atoms with Crippen LogP contribution in [-0.4, -0.2) is 38.8 Å². The van der Waals surface area contributed by atoms with Gasteiger partial charge in [0.15, 0.2) is 5.11 Å². The topological polar surface area (TPSA) is 42.3 Å². The van der Waals surface area contributed by atoms with E-state index in [1.54, 1.807) is 18.3 Å². The lowest BCUT2D eigenvalue weighted by atomic mass is 10.0. The number of nitrogens with zero attached hydrogens (tertiary/aromatic N) is 3. The van der Waals surface area contributed by atoms with Crippen LogP contribution in [0.25, 0.3) is 5.69 Å². The molecule has 160 valence electrons. The van der Waals surface area contributed by atoms with Gasteiger partial charge in [0.25, 0.3) is 0 Å². The molecule has 2 aliphatic heterocycles. The third-order valence-electron chi connectivity index (χ3n) is 5.89. The predicted octanol–water partition coefficient (Wildman–Crippen LogP) is 4.82. The molecule has 2 saturated heterocycles. The molecular weight excluding hydrogens is 435 g/mol. The van der Waals surface area contributed by atoms with Gasteiger partial charge < -0.3 is 19.5 Å². The van der Waals surface area contributed by atoms with Crippen molar-refractivity contribution in [3.8, 4) is 5.69 Å². The molecule has 0 aliphatic carbocycles. The summed E-state index contributed by atoms with van der Waals surface area (Å²) >= 11 is 11.8. The first kappa shape index (κ1) is 20.4. The van der Waals surface area contributed by atoms with Gasteiger partial charge in [-0.25, -0.2) is 4.39 Å². The SMILES string of the molecule is Fc1ccc(-n2cccc2[C@@H]2[C@H](c3ccccn3)NC(=S)N2C[C@H]2CCCO2)cc1Cl. The Hall–Kier alpha value is -2.48. The molecular formula is C23H22ClFN4OS. The second-order valence-corrected chi connectivity index (χ2v) is 8.61. The van der Waals surface area contributed by atoms with E-state index >= 15 is 0 Å². The summed E-state index contributed by atoms with van der Waals surface area (Å²) in [6.45, 7) is 1.49. The van der Waals surface area contributed by atoms with Crippen molar-refractivity contribution < 1.29 is 9.13 Å². The molecule has 4 heterocycles. The Morgan fingerprint density at radius 1 is 1.23 bits per heavy atom. The van der Waals surface area contributed by atoms with Gasteiger partial charge in [-0.3, -0.25) is 4.98 Å². The van der Waals surface area contributed by atoms with Crippen molar-refractivity contribution in [2.45, 2.75) is 31.0 Å². The quantitative estimate of drug-likeness (QED) is 0.558. The summed E-state index contributed by atoms with van der Waals surface area (Å²) in [5, 5.41) is 4.25. The monoisotopic (exact) mass is 456 g/mol. The summed E-state index contributed by atoms with van der Waals surface area (Å²) in [5.41, 5.74) is 2.72. The summed E-state index contributed by atoms with van der Waals surface area (Å²) in [5.74, 6) is -0.436. The number of nitrogens with one attached hydrogen (secondary N) is 1. The molecule has 1 N–H and O–H groups in total. The van der Waals surface area contributed by atoms with E-state index in [4.69, 9.17) is 28.6 Å². The second kappa shape index (κ2) is 8.57. The van der Waals surface area contributed by atoms with E-state index in [1.807, 2.05) is 35.0 Å². The molecule has 8 heteroatoms. The zero-order valence-electron chi connectivity index (χ0n) is 16.7. The van der Waals surface area contributed by atoms with Gasteiger partial charge in [-0.05, 0) is 67.5 Å². The first-order valence-electron chi connectivity index (χ1n) is 10.3. The molecule has 0 spiro atoms. The number of halogens is 2. The second-order valence-electron chi connectivity index (χ2n) is 7.82. The standard InChI is InChI=1S/C23H22ClFN4OS/c24-17-13-15(8-9-18(17)25)28-11-3-7-20(28)22-21(19-6-1-2-10-26-19)27-23(31)29(22)14-16-5-4-12-30-16/h1-3,6-11,13,16,21-22H,4-5,12,14H2,(H,27,31)/t16-,21+,22-/m1/s1. The fraction of sp³-hybridized carbons (Fsp3) is 0.304. The Morgan fingerprint density at radius 3 is 2.87 bits per heavy atom. The molecule has 0 bridgehead atoms. The summed E-state index contributed by atoms with van der Waals surface area (Å²) in [6, 6.07) is 14.5. The van der Waals surface area contributed by atoms with Crippen LogP contribution < -0.4 is 5.32 Å². The summed E-state index contributed by atoms with van der Waals surface area (Å²) in [7, 11) is 0. The van der Waals surface area contributed by atoms with E-state index in [9.17, 15) is 4.39 Å². The molecule has 2 aromatic heterocycles. The number of hydrogen-bond donors (Lipinski definition) is 1. The maximum atomic E-state index is 13.8. The van der Waals surface area contributed by atoms with Gasteiger partial charge in [0, 0.05) is 36.9 Å². The number of ether oxygens (including phenoxy) is 1. The van der Waals surface area contributed by atoms with Crippen LogP contribution in [0.2, 0.25) is 5.02 Å². The van der Waals surface area contributed by atoms with E-state index in [-0.39, 0.29) is 23.2 Å². The van der Waals surface area contributed by atoms with Crippen LogP contribution >= 0.6 is 23.8 Å². The van der Waals surface area contributed by atoms with Gasteiger partial charge in [0.1, 0.15) is 5.82 Å². The van der Waals surface area contributed by atoms with Crippen molar-refractivity contribution >= 4 is 28.9 Å². The largest absolute Gasteiger partial charge is 0.376 e. The van der Waals surface area contributed by atoms with E-state index in [2.05, 4.69) is 21.3 Å². The first-order chi connectivity index (χ1) is 15.1. The van der Waals surface area contributed by atoms with E-state index in [0.29, 0.717) is 11.7 Å². The number of thiocarbonyl (C=S) groups is 1. The number of pyridine rings is 1. The van der Waals surface area contributed by atoms with Crippen LogP contribution in [0.1, 0.15) is 36.3 Å². The molecule has 0 unspecified atom stereocenters. The molecule has 3 aromatic rings. The Labute approximate surface area is 190 Å². The van der Waals surface area contributed by atoms with Crippen molar-refractivity contribution in [3.05, 3.63) is 83.2 Å². The summed E-state index contributed by atoms with van der Waals surface area (Å²) < 4.78 is 21.7. The maximum Gasteiger partial charge on any atom is 0.170 e. The molecule has 0 saturated carbocycles. The van der Waals surface area contributed by atoms with Crippen LogP contribution in [0.4, 0.5) is 4.39 Å². The fourth-order valence-electron chi connectivity index (χ4n) is 4.44. The highest BCUT2D eigenvalue weighted by Crippen LogP contribution is 2.40. The highest BCUT2D eigenvalue weighted by molar-refractivity contribution is 7.80. The van der Waals surface area contributed by atoms with E-state index in [0.717, 1.165) is 36.5 Å². The van der Waals surface area contributed by atoms with Crippen molar-refractivity contribution in [1.29, 1.82) is 0 Å². The number of aromatic nitrogens is 2. The number of hydrogen-bond acceptors (Lipinski definition) is 3. The first-order valence-corrected chi connectivity index (χ1v) is 11.1. The Kier molecular flexibility index (Phi) is 5.65. The minimum atomic E-state index is -0.436. The van der Waals surface area contributed by atoms with Crippen LogP contribution in [-0.2, 0) is 4.74 Å². The van der Waals surface area contributed by atoms with Crippen LogP contribution in [0.5, 0.6) is 0 Å². The molecule has 1 aromatic carbocycles. The minimum absolute atomic E-state index is 0.0923. The fourth-order valence-corrected chi connectivity index (χ4v) is 4.93. The molecule has 31 heavy (non-hydrogen) atoms. The van der Waals surface area contributed by atoms with Crippen molar-refractivity contribution in [2.75, 3.05) is 13.2 Å². The number of rotatable bonds is 5. The molecule has 2 fully saturated rings. The van der Waals surface area contributed by atoms with Crippen molar-refractivity contribution in [2.24, 2.45) is 0 Å². The van der Waals surface area contributed by atoms with E-state index < -0.39 is 5.82 Å². The lowest BCUT2D eigenvalue weighted by molar-refractivity contribution is 0.0836. The molecule has 5 rings (SSSR count). The van der Waals surface area contributed by atoms with Crippen LogP contribution in [0, 0.1) is 5.82 Å². The van der Waals surface area contributed by atoms with Gasteiger partial charge in [0.2, 0.25) is 0 Å². The third-order valence-corrected chi connectivity index (χ3v) is 6.53. The van der Waals surface area contributed by atoms with Gasteiger partial charge in [-0.15, -0.1) is 0 Å². The minimum Gasteiger partial charge on any atom is -0.376 e. The van der Waals surface area contributed by atoms with Crippen LogP contribution in [0.3, 0.4) is 0 Å². The lowest BCUT2D eigenvalue weighted by Gasteiger charge is -2.30. The molecule has 0 amide bonds. The maximum absolute atomic E-state index is 13.8. The highest BCUT2D eigenvalue weighted by Gasteiger charge is 2.42. The van der Waals surface area contributed by atoms with Gasteiger partial charge in [-0.1, -0.05) is 17.7 Å². The Balaban J connectivity index is 1.57. The number of benzene rings is 1. The molecule has 0 radical (unpaired) electrons. The molecule has 3 atom stereocenters.